The van der Waals surface area contributed by atoms with Gasteiger partial charge in [-0.05, 0) is 38.1 Å². The summed E-state index contributed by atoms with van der Waals surface area (Å²) >= 11 is 5.92. The Bertz CT molecular complexity index is 927. The smallest absolute Gasteiger partial charge is 0.344 e. The number of rotatable bonds is 7. The minimum atomic E-state index is -0.673. The van der Waals surface area contributed by atoms with Gasteiger partial charge in [-0.1, -0.05) is 23.7 Å². The van der Waals surface area contributed by atoms with Crippen molar-refractivity contribution in [3.8, 4) is 17.2 Å². The van der Waals surface area contributed by atoms with E-state index in [-0.39, 0.29) is 12.2 Å². The number of hydrogen-bond acceptors (Lipinski definition) is 6. The molecule has 0 saturated carbocycles. The van der Waals surface area contributed by atoms with Gasteiger partial charge in [0.2, 0.25) is 0 Å². The number of carbonyl (C=O) groups is 2. The van der Waals surface area contributed by atoms with Gasteiger partial charge in [0, 0.05) is 17.0 Å². The van der Waals surface area contributed by atoms with Gasteiger partial charge >= 0.3 is 5.97 Å². The van der Waals surface area contributed by atoms with E-state index in [1.807, 2.05) is 26.0 Å². The van der Waals surface area contributed by atoms with Crippen LogP contribution in [0, 0.1) is 0 Å². The van der Waals surface area contributed by atoms with Gasteiger partial charge in [0.1, 0.15) is 11.4 Å². The molecule has 0 unspecified atom stereocenters. The first-order chi connectivity index (χ1) is 13.8. The minimum absolute atomic E-state index is 0.318. The second-order valence-electron chi connectivity index (χ2n) is 7.13. The van der Waals surface area contributed by atoms with Gasteiger partial charge in [0.15, 0.2) is 24.7 Å². The van der Waals surface area contributed by atoms with Gasteiger partial charge in [0.05, 0.1) is 12.8 Å². The highest BCUT2D eigenvalue weighted by molar-refractivity contribution is 6.31. The van der Waals surface area contributed by atoms with Gasteiger partial charge in [-0.3, -0.25) is 4.79 Å². The lowest BCUT2D eigenvalue weighted by molar-refractivity contribution is -0.149. The molecule has 0 spiro atoms. The Morgan fingerprint density at radius 1 is 1.17 bits per heavy atom. The van der Waals surface area contributed by atoms with E-state index in [2.05, 4.69) is 5.32 Å². The highest BCUT2D eigenvalue weighted by Crippen LogP contribution is 2.41. The molecule has 1 heterocycles. The van der Waals surface area contributed by atoms with Crippen molar-refractivity contribution in [3.05, 3.63) is 47.0 Å². The van der Waals surface area contributed by atoms with Crippen LogP contribution in [0.3, 0.4) is 0 Å². The van der Waals surface area contributed by atoms with Crippen LogP contribution in [0.15, 0.2) is 36.4 Å². The molecule has 7 nitrogen and oxygen atoms in total. The molecule has 0 aromatic heterocycles. The van der Waals surface area contributed by atoms with Crippen molar-refractivity contribution >= 4 is 29.2 Å². The molecular formula is C21H22ClNO6. The van der Waals surface area contributed by atoms with Crippen LogP contribution in [0.1, 0.15) is 19.4 Å². The van der Waals surface area contributed by atoms with Crippen LogP contribution < -0.4 is 19.5 Å². The summed E-state index contributed by atoms with van der Waals surface area (Å²) in [6.45, 7) is 3.17. The Morgan fingerprint density at radius 3 is 2.72 bits per heavy atom. The quantitative estimate of drug-likeness (QED) is 0.690. The number of hydrogen-bond donors (Lipinski definition) is 1. The number of carbonyl (C=O) groups excluding carboxylic acids is 2. The highest BCUT2D eigenvalue weighted by atomic mass is 35.5. The zero-order chi connectivity index (χ0) is 21.0. The van der Waals surface area contributed by atoms with Crippen LogP contribution in [0.4, 0.5) is 5.69 Å². The summed E-state index contributed by atoms with van der Waals surface area (Å²) in [7, 11) is 1.47. The first-order valence-corrected chi connectivity index (χ1v) is 9.38. The summed E-state index contributed by atoms with van der Waals surface area (Å²) < 4.78 is 21.6. The van der Waals surface area contributed by atoms with Crippen molar-refractivity contribution in [2.75, 3.05) is 25.6 Å². The molecule has 0 atom stereocenters. The second kappa shape index (κ2) is 8.61. The van der Waals surface area contributed by atoms with Gasteiger partial charge in [-0.15, -0.1) is 0 Å². The number of esters is 1. The zero-order valence-corrected chi connectivity index (χ0v) is 17.2. The molecule has 2 aromatic carbocycles. The third-order valence-electron chi connectivity index (χ3n) is 4.20. The third kappa shape index (κ3) is 5.32. The number of halogens is 1. The minimum Gasteiger partial charge on any atom is -0.495 e. The largest absolute Gasteiger partial charge is 0.495 e. The van der Waals surface area contributed by atoms with Crippen molar-refractivity contribution in [2.45, 2.75) is 25.9 Å². The maximum Gasteiger partial charge on any atom is 0.344 e. The van der Waals surface area contributed by atoms with Crippen molar-refractivity contribution in [1.82, 2.24) is 0 Å². The Hall–Kier alpha value is -2.93. The summed E-state index contributed by atoms with van der Waals surface area (Å²) in [4.78, 5) is 24.0. The summed E-state index contributed by atoms with van der Waals surface area (Å²) in [6.07, 6.45) is 0.761. The lowest BCUT2D eigenvalue weighted by Crippen LogP contribution is -2.25. The SMILES string of the molecule is COc1ccc(Cl)cc1NC(=O)COC(=O)COc1cccc2c1OC(C)(C)C2. The maximum atomic E-state index is 12.0. The van der Waals surface area contributed by atoms with E-state index >= 15 is 0 Å². The molecule has 1 N–H and O–H groups in total. The summed E-state index contributed by atoms with van der Waals surface area (Å²) in [5.74, 6) is 0.352. The van der Waals surface area contributed by atoms with Gasteiger partial charge in [0.25, 0.3) is 5.91 Å². The number of para-hydroxylation sites is 1. The predicted molar refractivity (Wildman–Crippen MR) is 108 cm³/mol. The Labute approximate surface area is 173 Å². The Balaban J connectivity index is 1.50. The molecule has 0 radical (unpaired) electrons. The van der Waals surface area contributed by atoms with Crippen molar-refractivity contribution in [3.63, 3.8) is 0 Å². The molecule has 0 aliphatic carbocycles. The molecule has 0 fully saturated rings. The number of benzene rings is 2. The molecule has 1 aliphatic heterocycles. The second-order valence-corrected chi connectivity index (χ2v) is 7.56. The van der Waals surface area contributed by atoms with Gasteiger partial charge in [-0.25, -0.2) is 4.79 Å². The third-order valence-corrected chi connectivity index (χ3v) is 4.44. The molecule has 3 rings (SSSR count). The molecule has 29 heavy (non-hydrogen) atoms. The highest BCUT2D eigenvalue weighted by Gasteiger charge is 2.32. The maximum absolute atomic E-state index is 12.0. The molecular weight excluding hydrogens is 398 g/mol. The van der Waals surface area contributed by atoms with E-state index in [4.69, 9.17) is 30.5 Å². The van der Waals surface area contributed by atoms with E-state index in [0.29, 0.717) is 28.0 Å². The fraction of sp³-hybridized carbons (Fsp3) is 0.333. The van der Waals surface area contributed by atoms with Crippen molar-refractivity contribution in [2.24, 2.45) is 0 Å². The van der Waals surface area contributed by atoms with E-state index in [1.165, 1.54) is 7.11 Å². The van der Waals surface area contributed by atoms with E-state index in [1.54, 1.807) is 24.3 Å². The van der Waals surface area contributed by atoms with Crippen molar-refractivity contribution < 1.29 is 28.5 Å². The number of methoxy groups -OCH3 is 1. The molecule has 0 saturated heterocycles. The lowest BCUT2D eigenvalue weighted by Gasteiger charge is -2.18. The predicted octanol–water partition coefficient (Wildman–Crippen LogP) is 3.62. The van der Waals surface area contributed by atoms with E-state index < -0.39 is 18.5 Å². The number of amides is 1. The van der Waals surface area contributed by atoms with Crippen LogP contribution in [0.25, 0.3) is 0 Å². The van der Waals surface area contributed by atoms with Crippen LogP contribution >= 0.6 is 11.6 Å². The molecule has 154 valence electrons. The summed E-state index contributed by atoms with van der Waals surface area (Å²) in [5.41, 5.74) is 1.09. The number of ether oxygens (including phenoxy) is 4. The number of nitrogens with one attached hydrogen (secondary N) is 1. The Kier molecular flexibility index (Phi) is 6.17. The van der Waals surface area contributed by atoms with Crippen LogP contribution in [-0.4, -0.2) is 37.8 Å². The van der Waals surface area contributed by atoms with E-state index in [9.17, 15) is 9.59 Å². The normalized spacial score (nSPS) is 13.8. The number of fused-ring (bicyclic) bond motifs is 1. The standard InChI is InChI=1S/C21H22ClNO6/c1-21(2)10-13-5-4-6-17(20(13)29-21)27-12-19(25)28-11-18(24)23-15-9-14(22)7-8-16(15)26-3/h4-9H,10-12H2,1-3H3,(H,23,24). The topological polar surface area (TPSA) is 83.1 Å². The fourth-order valence-corrected chi connectivity index (χ4v) is 3.16. The summed E-state index contributed by atoms with van der Waals surface area (Å²) in [6, 6.07) is 10.3. The first kappa shape index (κ1) is 20.8. The van der Waals surface area contributed by atoms with Gasteiger partial charge in [-0.2, -0.15) is 0 Å². The average Bonchev–Trinajstić information content (AvgIpc) is 2.99. The summed E-state index contributed by atoms with van der Waals surface area (Å²) in [5, 5.41) is 3.03. The van der Waals surface area contributed by atoms with Crippen LogP contribution in [-0.2, 0) is 20.7 Å². The molecule has 1 aliphatic rings. The lowest BCUT2D eigenvalue weighted by atomic mass is 10.0. The zero-order valence-electron chi connectivity index (χ0n) is 16.4. The van der Waals surface area contributed by atoms with Gasteiger partial charge < -0.3 is 24.3 Å². The molecule has 2 aromatic rings. The van der Waals surface area contributed by atoms with Crippen LogP contribution in [0.5, 0.6) is 17.2 Å². The van der Waals surface area contributed by atoms with Crippen LogP contribution in [0.2, 0.25) is 5.02 Å². The molecule has 1 amide bonds. The average molecular weight is 420 g/mol. The molecule has 8 heteroatoms. The monoisotopic (exact) mass is 419 g/mol. The number of anilines is 1. The van der Waals surface area contributed by atoms with Crippen molar-refractivity contribution in [1.29, 1.82) is 0 Å². The Morgan fingerprint density at radius 2 is 1.97 bits per heavy atom. The fourth-order valence-electron chi connectivity index (χ4n) is 2.99. The first-order valence-electron chi connectivity index (χ1n) is 9.00. The molecule has 0 bridgehead atoms. The van der Waals surface area contributed by atoms with E-state index in [0.717, 1.165) is 12.0 Å².